The molecule has 0 aromatic rings. The Bertz CT molecular complexity index is 697. The zero-order valence-electron chi connectivity index (χ0n) is 19.4. The number of ether oxygens (including phenoxy) is 1. The van der Waals surface area contributed by atoms with Crippen LogP contribution < -0.4 is 10.6 Å². The van der Waals surface area contributed by atoms with Crippen molar-refractivity contribution in [3.8, 4) is 0 Å². The minimum absolute atomic E-state index is 0.160. The second-order valence-electron chi connectivity index (χ2n) is 9.26. The average molecular weight is 438 g/mol. The molecule has 3 N–H and O–H groups in total. The largest absolute Gasteiger partial charge is 0.394 e. The molecular weight excluding hydrogens is 398 g/mol. The zero-order chi connectivity index (χ0) is 22.8. The number of amides is 3. The van der Waals surface area contributed by atoms with Crippen molar-refractivity contribution in [1.82, 2.24) is 15.5 Å². The molecular formula is C23H39N3O5. The summed E-state index contributed by atoms with van der Waals surface area (Å²) < 4.78 is 6.65. The normalized spacial score (nSPS) is 34.7. The van der Waals surface area contributed by atoms with E-state index in [0.717, 1.165) is 19.3 Å². The molecule has 0 saturated carbocycles. The number of hydrogen-bond donors (Lipinski definition) is 3. The van der Waals surface area contributed by atoms with Crippen molar-refractivity contribution in [2.75, 3.05) is 19.7 Å². The van der Waals surface area contributed by atoms with Crippen molar-refractivity contribution in [2.24, 2.45) is 11.8 Å². The Hall–Kier alpha value is -1.67. The van der Waals surface area contributed by atoms with Crippen LogP contribution in [0.4, 0.5) is 0 Å². The van der Waals surface area contributed by atoms with Crippen LogP contribution in [0.2, 0.25) is 0 Å². The minimum Gasteiger partial charge on any atom is -0.394 e. The van der Waals surface area contributed by atoms with Gasteiger partial charge < -0.3 is 25.4 Å². The van der Waals surface area contributed by atoms with Crippen LogP contribution in [-0.2, 0) is 19.1 Å². The number of hydrogen-bond acceptors (Lipinski definition) is 5. The Labute approximate surface area is 185 Å². The number of fused-ring (bicyclic) bond motifs is 1. The Morgan fingerprint density at radius 3 is 2.42 bits per heavy atom. The van der Waals surface area contributed by atoms with Gasteiger partial charge in [-0.05, 0) is 38.5 Å². The van der Waals surface area contributed by atoms with Crippen LogP contribution in [0.15, 0.2) is 0 Å². The summed E-state index contributed by atoms with van der Waals surface area (Å²) in [4.78, 5) is 42.0. The fourth-order valence-electron chi connectivity index (χ4n) is 6.00. The summed E-state index contributed by atoms with van der Waals surface area (Å²) in [6, 6.07) is -1.30. The van der Waals surface area contributed by atoms with Crippen LogP contribution in [0.5, 0.6) is 0 Å². The predicted octanol–water partition coefficient (Wildman–Crippen LogP) is 1.35. The van der Waals surface area contributed by atoms with Gasteiger partial charge in [-0.15, -0.1) is 0 Å². The Morgan fingerprint density at radius 2 is 1.84 bits per heavy atom. The molecule has 3 saturated heterocycles. The Kier molecular flexibility index (Phi) is 7.31. The van der Waals surface area contributed by atoms with Gasteiger partial charge in [0.2, 0.25) is 17.7 Å². The van der Waals surface area contributed by atoms with Gasteiger partial charge in [0.1, 0.15) is 11.6 Å². The summed E-state index contributed by atoms with van der Waals surface area (Å²) in [7, 11) is 0. The zero-order valence-corrected chi connectivity index (χ0v) is 19.4. The number of nitrogens with one attached hydrogen (secondary N) is 2. The van der Waals surface area contributed by atoms with Crippen molar-refractivity contribution in [2.45, 2.75) is 95.9 Å². The van der Waals surface area contributed by atoms with Crippen molar-refractivity contribution in [3.63, 3.8) is 0 Å². The number of carbonyl (C=O) groups excluding carboxylic acids is 3. The Balaban J connectivity index is 2.03. The van der Waals surface area contributed by atoms with E-state index in [9.17, 15) is 19.5 Å². The summed E-state index contributed by atoms with van der Waals surface area (Å²) in [6.45, 7) is 8.77. The van der Waals surface area contributed by atoms with Crippen molar-refractivity contribution >= 4 is 17.7 Å². The van der Waals surface area contributed by atoms with Crippen LogP contribution in [-0.4, -0.2) is 70.7 Å². The first-order valence-corrected chi connectivity index (χ1v) is 12.1. The smallest absolute Gasteiger partial charge is 0.245 e. The van der Waals surface area contributed by atoms with Gasteiger partial charge in [0, 0.05) is 13.1 Å². The summed E-state index contributed by atoms with van der Waals surface area (Å²) in [5.74, 6) is -1.94. The number of carbonyl (C=O) groups is 3. The third-order valence-corrected chi connectivity index (χ3v) is 7.60. The van der Waals surface area contributed by atoms with E-state index in [-0.39, 0.29) is 24.3 Å². The van der Waals surface area contributed by atoms with Crippen LogP contribution in [0, 0.1) is 11.8 Å². The molecule has 8 heteroatoms. The maximum absolute atomic E-state index is 13.8. The van der Waals surface area contributed by atoms with Crippen molar-refractivity contribution in [1.29, 1.82) is 0 Å². The molecule has 2 unspecified atom stereocenters. The van der Waals surface area contributed by atoms with Gasteiger partial charge in [-0.25, -0.2) is 0 Å². The van der Waals surface area contributed by atoms with E-state index in [0.29, 0.717) is 38.8 Å². The molecule has 6 atom stereocenters. The van der Waals surface area contributed by atoms with E-state index in [4.69, 9.17) is 4.74 Å². The second-order valence-corrected chi connectivity index (χ2v) is 9.26. The topological polar surface area (TPSA) is 108 Å². The lowest BCUT2D eigenvalue weighted by Gasteiger charge is -2.37. The van der Waals surface area contributed by atoms with E-state index in [1.54, 1.807) is 0 Å². The maximum Gasteiger partial charge on any atom is 0.245 e. The molecule has 1 spiro atoms. The molecule has 3 heterocycles. The molecule has 3 rings (SSSR count). The van der Waals surface area contributed by atoms with Gasteiger partial charge in [-0.3, -0.25) is 14.4 Å². The highest BCUT2D eigenvalue weighted by Crippen LogP contribution is 2.64. The third kappa shape index (κ3) is 3.65. The highest BCUT2D eigenvalue weighted by molar-refractivity contribution is 5.99. The molecule has 3 amide bonds. The predicted molar refractivity (Wildman–Crippen MR) is 116 cm³/mol. The SMILES string of the molecule is CCCCNC(=O)C1N([C@@H](CC)CO)C(=O)[C@@H]2[C@H](C(=O)NCCC)[C@]3(CC)CCC12O3. The number of unbranched alkanes of at least 4 members (excludes halogenated alkanes) is 1. The fraction of sp³-hybridized carbons (Fsp3) is 0.870. The Morgan fingerprint density at radius 1 is 1.13 bits per heavy atom. The van der Waals surface area contributed by atoms with E-state index in [2.05, 4.69) is 17.6 Å². The monoisotopic (exact) mass is 437 g/mol. The minimum atomic E-state index is -1.01. The van der Waals surface area contributed by atoms with Gasteiger partial charge in [0.05, 0.1) is 30.1 Å². The molecule has 0 aliphatic carbocycles. The van der Waals surface area contributed by atoms with Crippen LogP contribution >= 0.6 is 0 Å². The molecule has 8 nitrogen and oxygen atoms in total. The first-order valence-electron chi connectivity index (χ1n) is 12.1. The van der Waals surface area contributed by atoms with E-state index >= 15 is 0 Å². The van der Waals surface area contributed by atoms with Crippen molar-refractivity contribution in [3.05, 3.63) is 0 Å². The number of likely N-dealkylation sites (tertiary alicyclic amines) is 1. The number of rotatable bonds is 11. The summed E-state index contributed by atoms with van der Waals surface area (Å²) in [6.07, 6.45) is 4.96. The van der Waals surface area contributed by atoms with Gasteiger partial charge in [0.25, 0.3) is 0 Å². The first-order chi connectivity index (χ1) is 14.9. The molecule has 0 aromatic carbocycles. The summed E-state index contributed by atoms with van der Waals surface area (Å²) in [5, 5.41) is 15.9. The standard InChI is InChI=1S/C23H39N3O5/c1-5-9-13-25-20(29)18-23-11-10-22(8-4,31-23)16(19(28)24-12-6-2)17(23)21(30)26(18)15(7-3)14-27/h15-18,27H,5-14H2,1-4H3,(H,24,28)(H,25,29)/t15-,16+,17-,18?,22-,23?/m0/s1. The molecule has 2 bridgehead atoms. The van der Waals surface area contributed by atoms with Crippen LogP contribution in [0.1, 0.15) is 72.6 Å². The maximum atomic E-state index is 13.8. The molecule has 3 aliphatic rings. The highest BCUT2D eigenvalue weighted by Gasteiger charge is 2.78. The quantitative estimate of drug-likeness (QED) is 0.423. The van der Waals surface area contributed by atoms with Gasteiger partial charge in [-0.2, -0.15) is 0 Å². The highest BCUT2D eigenvalue weighted by atomic mass is 16.5. The molecule has 31 heavy (non-hydrogen) atoms. The first kappa shape index (κ1) is 24.0. The molecule has 0 radical (unpaired) electrons. The van der Waals surface area contributed by atoms with E-state index in [1.807, 2.05) is 20.8 Å². The van der Waals surface area contributed by atoms with E-state index in [1.165, 1.54) is 4.90 Å². The average Bonchev–Trinajstić information content (AvgIpc) is 3.37. The lowest BCUT2D eigenvalue weighted by molar-refractivity contribution is -0.151. The third-order valence-electron chi connectivity index (χ3n) is 7.60. The van der Waals surface area contributed by atoms with Crippen molar-refractivity contribution < 1.29 is 24.2 Å². The summed E-state index contributed by atoms with van der Waals surface area (Å²) >= 11 is 0. The molecule has 3 aliphatic heterocycles. The molecule has 3 fully saturated rings. The number of aliphatic hydroxyl groups excluding tert-OH is 1. The molecule has 176 valence electrons. The number of nitrogens with zero attached hydrogens (tertiary/aromatic N) is 1. The van der Waals surface area contributed by atoms with Gasteiger partial charge in [-0.1, -0.05) is 34.1 Å². The lowest BCUT2D eigenvalue weighted by Crippen LogP contribution is -2.58. The van der Waals surface area contributed by atoms with Crippen LogP contribution in [0.25, 0.3) is 0 Å². The lowest BCUT2D eigenvalue weighted by atomic mass is 9.65. The number of aliphatic hydroxyl groups is 1. The summed E-state index contributed by atoms with van der Waals surface area (Å²) in [5.41, 5.74) is -1.73. The molecule has 0 aromatic heterocycles. The van der Waals surface area contributed by atoms with Crippen LogP contribution in [0.3, 0.4) is 0 Å². The van der Waals surface area contributed by atoms with E-state index < -0.39 is 35.1 Å². The fourth-order valence-corrected chi connectivity index (χ4v) is 6.00. The van der Waals surface area contributed by atoms with Gasteiger partial charge >= 0.3 is 0 Å². The second kappa shape index (κ2) is 9.45. The van der Waals surface area contributed by atoms with Gasteiger partial charge in [0.15, 0.2) is 0 Å².